The maximum absolute atomic E-state index is 10.7. The molecular formula is C24H35N3O2. The normalized spacial score (nSPS) is 13.7. The number of guanidine groups is 1. The van der Waals surface area contributed by atoms with Gasteiger partial charge in [-0.05, 0) is 44.2 Å². The first-order valence-electron chi connectivity index (χ1n) is 10.5. The Morgan fingerprint density at radius 3 is 2.34 bits per heavy atom. The van der Waals surface area contributed by atoms with Crippen molar-refractivity contribution in [3.8, 4) is 0 Å². The maximum atomic E-state index is 10.7. The first-order chi connectivity index (χ1) is 14.1. The van der Waals surface area contributed by atoms with Crippen molar-refractivity contribution in [2.45, 2.75) is 38.7 Å². The van der Waals surface area contributed by atoms with E-state index < -0.39 is 5.60 Å². The average Bonchev–Trinajstić information content (AvgIpc) is 2.75. The molecule has 3 N–H and O–H groups in total. The summed E-state index contributed by atoms with van der Waals surface area (Å²) >= 11 is 0. The highest BCUT2D eigenvalue weighted by Gasteiger charge is 2.22. The van der Waals surface area contributed by atoms with Gasteiger partial charge in [-0.15, -0.1) is 0 Å². The van der Waals surface area contributed by atoms with E-state index in [2.05, 4.69) is 39.9 Å². The van der Waals surface area contributed by atoms with E-state index in [1.165, 1.54) is 5.56 Å². The zero-order valence-electron chi connectivity index (χ0n) is 17.7. The predicted octanol–water partition coefficient (Wildman–Crippen LogP) is 3.49. The van der Waals surface area contributed by atoms with Gasteiger partial charge < -0.3 is 20.5 Å². The summed E-state index contributed by atoms with van der Waals surface area (Å²) in [5.74, 6) is 0.730. The number of ether oxygens (including phenoxy) is 1. The van der Waals surface area contributed by atoms with Crippen LogP contribution < -0.4 is 10.6 Å². The fourth-order valence-corrected chi connectivity index (χ4v) is 2.94. The van der Waals surface area contributed by atoms with Crippen LogP contribution in [0.5, 0.6) is 0 Å². The monoisotopic (exact) mass is 397 g/mol. The molecule has 5 heteroatoms. The van der Waals surface area contributed by atoms with E-state index >= 15 is 0 Å². The predicted molar refractivity (Wildman–Crippen MR) is 120 cm³/mol. The second kappa shape index (κ2) is 13.0. The SMILES string of the molecule is CCNC(=NCC(C)(O)c1ccccc1)NCCCCOCCc1ccccc1. The lowest BCUT2D eigenvalue weighted by atomic mass is 9.96. The summed E-state index contributed by atoms with van der Waals surface area (Å²) < 4.78 is 5.73. The Labute approximate surface area is 175 Å². The lowest BCUT2D eigenvalue weighted by Crippen LogP contribution is -2.39. The van der Waals surface area contributed by atoms with Gasteiger partial charge in [0, 0.05) is 19.7 Å². The fraction of sp³-hybridized carbons (Fsp3) is 0.458. The molecule has 29 heavy (non-hydrogen) atoms. The van der Waals surface area contributed by atoms with Crippen molar-refractivity contribution in [1.82, 2.24) is 10.6 Å². The molecule has 0 bridgehead atoms. The highest BCUT2D eigenvalue weighted by atomic mass is 16.5. The second-order valence-electron chi connectivity index (χ2n) is 7.32. The topological polar surface area (TPSA) is 65.9 Å². The third-order valence-electron chi connectivity index (χ3n) is 4.67. The van der Waals surface area contributed by atoms with Crippen LogP contribution in [-0.4, -0.2) is 43.9 Å². The summed E-state index contributed by atoms with van der Waals surface area (Å²) in [7, 11) is 0. The van der Waals surface area contributed by atoms with Crippen LogP contribution in [0.3, 0.4) is 0 Å². The minimum Gasteiger partial charge on any atom is -0.384 e. The van der Waals surface area contributed by atoms with E-state index in [1.807, 2.05) is 43.3 Å². The third-order valence-corrected chi connectivity index (χ3v) is 4.67. The van der Waals surface area contributed by atoms with Gasteiger partial charge in [0.15, 0.2) is 5.96 Å². The summed E-state index contributed by atoms with van der Waals surface area (Å²) in [6, 6.07) is 20.1. The lowest BCUT2D eigenvalue weighted by molar-refractivity contribution is 0.0672. The van der Waals surface area contributed by atoms with Crippen LogP contribution in [0.2, 0.25) is 0 Å². The van der Waals surface area contributed by atoms with Crippen molar-refractivity contribution >= 4 is 5.96 Å². The first kappa shape index (κ1) is 22.9. The number of unbranched alkanes of at least 4 members (excludes halogenated alkanes) is 1. The summed E-state index contributed by atoms with van der Waals surface area (Å²) in [6.07, 6.45) is 2.96. The molecule has 0 aliphatic heterocycles. The standard InChI is InChI=1S/C24H35N3O2/c1-3-25-23(27-20-24(2,28)22-14-8-5-9-15-22)26-17-10-11-18-29-19-16-21-12-6-4-7-13-21/h4-9,12-15,28H,3,10-11,16-20H2,1-2H3,(H2,25,26,27). The van der Waals surface area contributed by atoms with Gasteiger partial charge in [-0.1, -0.05) is 60.7 Å². The molecule has 0 saturated carbocycles. The molecule has 5 nitrogen and oxygen atoms in total. The van der Waals surface area contributed by atoms with Gasteiger partial charge in [-0.25, -0.2) is 4.99 Å². The number of aliphatic imine (C=N–C) groups is 1. The van der Waals surface area contributed by atoms with E-state index in [1.54, 1.807) is 6.92 Å². The summed E-state index contributed by atoms with van der Waals surface area (Å²) in [5, 5.41) is 17.3. The van der Waals surface area contributed by atoms with Gasteiger partial charge in [-0.3, -0.25) is 0 Å². The van der Waals surface area contributed by atoms with Crippen molar-refractivity contribution in [3.05, 3.63) is 71.8 Å². The molecule has 2 aromatic carbocycles. The molecule has 0 fully saturated rings. The van der Waals surface area contributed by atoms with E-state index in [0.717, 1.165) is 57.1 Å². The molecule has 0 heterocycles. The van der Waals surface area contributed by atoms with Crippen LogP contribution in [0.15, 0.2) is 65.7 Å². The fourth-order valence-electron chi connectivity index (χ4n) is 2.94. The summed E-state index contributed by atoms with van der Waals surface area (Å²) in [4.78, 5) is 4.56. The third kappa shape index (κ3) is 9.11. The highest BCUT2D eigenvalue weighted by Crippen LogP contribution is 2.20. The number of rotatable bonds is 12. The molecular weight excluding hydrogens is 362 g/mol. The number of nitrogens with one attached hydrogen (secondary N) is 2. The molecule has 0 aliphatic carbocycles. The smallest absolute Gasteiger partial charge is 0.191 e. The van der Waals surface area contributed by atoms with Gasteiger partial charge in [0.2, 0.25) is 0 Å². The highest BCUT2D eigenvalue weighted by molar-refractivity contribution is 5.79. The molecule has 0 aromatic heterocycles. The molecule has 0 saturated heterocycles. The molecule has 2 rings (SSSR count). The average molecular weight is 398 g/mol. The molecule has 2 aromatic rings. The zero-order chi connectivity index (χ0) is 20.8. The lowest BCUT2D eigenvalue weighted by Gasteiger charge is -2.22. The van der Waals surface area contributed by atoms with E-state index in [9.17, 15) is 5.11 Å². The van der Waals surface area contributed by atoms with Crippen molar-refractivity contribution in [1.29, 1.82) is 0 Å². The number of hydrogen-bond acceptors (Lipinski definition) is 3. The van der Waals surface area contributed by atoms with Gasteiger partial charge in [-0.2, -0.15) is 0 Å². The Kier molecular flexibility index (Phi) is 10.2. The van der Waals surface area contributed by atoms with Crippen LogP contribution >= 0.6 is 0 Å². The molecule has 0 radical (unpaired) electrons. The van der Waals surface area contributed by atoms with Crippen LogP contribution in [0.1, 0.15) is 37.8 Å². The van der Waals surface area contributed by atoms with Crippen LogP contribution in [0.25, 0.3) is 0 Å². The molecule has 0 amide bonds. The zero-order valence-corrected chi connectivity index (χ0v) is 17.7. The van der Waals surface area contributed by atoms with E-state index in [0.29, 0.717) is 6.54 Å². The number of nitrogens with zero attached hydrogens (tertiary/aromatic N) is 1. The first-order valence-corrected chi connectivity index (χ1v) is 10.5. The molecule has 0 spiro atoms. The van der Waals surface area contributed by atoms with Crippen molar-refractivity contribution in [2.75, 3.05) is 32.8 Å². The number of hydrogen-bond donors (Lipinski definition) is 3. The Bertz CT molecular complexity index is 703. The number of benzene rings is 2. The van der Waals surface area contributed by atoms with E-state index in [-0.39, 0.29) is 0 Å². The largest absolute Gasteiger partial charge is 0.384 e. The van der Waals surface area contributed by atoms with Crippen LogP contribution in [-0.2, 0) is 16.8 Å². The summed E-state index contributed by atoms with van der Waals surface area (Å²) in [5.41, 5.74) is 1.19. The quantitative estimate of drug-likeness (QED) is 0.291. The summed E-state index contributed by atoms with van der Waals surface area (Å²) in [6.45, 7) is 7.26. The van der Waals surface area contributed by atoms with Crippen molar-refractivity contribution < 1.29 is 9.84 Å². The molecule has 1 atom stereocenters. The van der Waals surface area contributed by atoms with Crippen molar-refractivity contribution in [3.63, 3.8) is 0 Å². The van der Waals surface area contributed by atoms with Gasteiger partial charge >= 0.3 is 0 Å². The minimum atomic E-state index is -0.990. The molecule has 1 unspecified atom stereocenters. The second-order valence-corrected chi connectivity index (χ2v) is 7.32. The van der Waals surface area contributed by atoms with Crippen molar-refractivity contribution in [2.24, 2.45) is 4.99 Å². The van der Waals surface area contributed by atoms with Gasteiger partial charge in [0.25, 0.3) is 0 Å². The Hall–Kier alpha value is -2.37. The van der Waals surface area contributed by atoms with Crippen LogP contribution in [0.4, 0.5) is 0 Å². The molecule has 158 valence electrons. The van der Waals surface area contributed by atoms with Crippen LogP contribution in [0, 0.1) is 0 Å². The Morgan fingerprint density at radius 2 is 1.66 bits per heavy atom. The van der Waals surface area contributed by atoms with Gasteiger partial charge in [0.05, 0.1) is 13.2 Å². The maximum Gasteiger partial charge on any atom is 0.191 e. The Morgan fingerprint density at radius 1 is 0.966 bits per heavy atom. The molecule has 0 aliphatic rings. The van der Waals surface area contributed by atoms with Gasteiger partial charge in [0.1, 0.15) is 5.60 Å². The Balaban J connectivity index is 1.63. The minimum absolute atomic E-state index is 0.301. The van der Waals surface area contributed by atoms with E-state index in [4.69, 9.17) is 4.74 Å². The number of aliphatic hydroxyl groups is 1.